The topological polar surface area (TPSA) is 35.5 Å². The van der Waals surface area contributed by atoms with Gasteiger partial charge in [-0.05, 0) is 32.4 Å². The average Bonchev–Trinajstić information content (AvgIpc) is 2.26. The fourth-order valence-corrected chi connectivity index (χ4v) is 1.28. The van der Waals surface area contributed by atoms with E-state index in [0.29, 0.717) is 18.8 Å². The first-order valence-corrected chi connectivity index (χ1v) is 5.43. The Kier molecular flexibility index (Phi) is 4.99. The summed E-state index contributed by atoms with van der Waals surface area (Å²) < 4.78 is 10.9. The molecule has 0 heterocycles. The second-order valence-electron chi connectivity index (χ2n) is 3.91. The Bertz CT molecular complexity index is 345. The highest BCUT2D eigenvalue weighted by Crippen LogP contribution is 2.18. The van der Waals surface area contributed by atoms with E-state index < -0.39 is 0 Å². The molecule has 0 N–H and O–H groups in total. The van der Waals surface area contributed by atoms with Crippen LogP contribution in [0.4, 0.5) is 0 Å². The highest BCUT2D eigenvalue weighted by atomic mass is 16.5. The zero-order valence-electron chi connectivity index (χ0n) is 10.0. The summed E-state index contributed by atoms with van der Waals surface area (Å²) in [6.07, 6.45) is 1.03. The minimum absolute atomic E-state index is 0.214. The van der Waals surface area contributed by atoms with Crippen LogP contribution in [-0.2, 0) is 4.74 Å². The van der Waals surface area contributed by atoms with Crippen molar-refractivity contribution in [1.82, 2.24) is 0 Å². The number of rotatable bonds is 6. The van der Waals surface area contributed by atoms with Crippen LogP contribution in [0.3, 0.4) is 0 Å². The summed E-state index contributed by atoms with van der Waals surface area (Å²) in [6, 6.07) is 5.40. The maximum atomic E-state index is 10.6. The van der Waals surface area contributed by atoms with Crippen LogP contribution in [0.2, 0.25) is 0 Å². The summed E-state index contributed by atoms with van der Waals surface area (Å²) >= 11 is 0. The number of carbonyl (C=O) groups is 1. The summed E-state index contributed by atoms with van der Waals surface area (Å²) in [6.45, 7) is 6.98. The van der Waals surface area contributed by atoms with E-state index in [9.17, 15) is 4.79 Å². The summed E-state index contributed by atoms with van der Waals surface area (Å²) in [5, 5.41) is 0. The minimum Gasteiger partial charge on any atom is -0.491 e. The van der Waals surface area contributed by atoms with Crippen molar-refractivity contribution >= 4 is 6.29 Å². The third-order valence-corrected chi connectivity index (χ3v) is 2.14. The molecule has 0 unspecified atom stereocenters. The molecule has 0 atom stereocenters. The first-order valence-electron chi connectivity index (χ1n) is 5.43. The zero-order valence-corrected chi connectivity index (χ0v) is 10.0. The Hall–Kier alpha value is -1.35. The molecule has 3 nitrogen and oxygen atoms in total. The molecule has 3 heteroatoms. The standard InChI is InChI=1S/C13H18O3/c1-10(2)15-6-7-16-13-8-12(9-14)5-4-11(13)3/h4-5,8-10H,6-7H2,1-3H3. The van der Waals surface area contributed by atoms with E-state index in [1.54, 1.807) is 12.1 Å². The fraction of sp³-hybridized carbons (Fsp3) is 0.462. The van der Waals surface area contributed by atoms with E-state index in [-0.39, 0.29) is 6.10 Å². The molecule has 0 radical (unpaired) electrons. The highest BCUT2D eigenvalue weighted by Gasteiger charge is 2.01. The lowest BCUT2D eigenvalue weighted by Gasteiger charge is -2.11. The van der Waals surface area contributed by atoms with E-state index in [2.05, 4.69) is 0 Å². The van der Waals surface area contributed by atoms with E-state index in [4.69, 9.17) is 9.47 Å². The van der Waals surface area contributed by atoms with Gasteiger partial charge < -0.3 is 9.47 Å². The number of aryl methyl sites for hydroxylation is 1. The number of aldehydes is 1. The molecule has 1 aromatic rings. The van der Waals surface area contributed by atoms with Crippen LogP contribution >= 0.6 is 0 Å². The quantitative estimate of drug-likeness (QED) is 0.548. The van der Waals surface area contributed by atoms with Gasteiger partial charge in [0.15, 0.2) is 0 Å². The number of hydrogen-bond acceptors (Lipinski definition) is 3. The van der Waals surface area contributed by atoms with Gasteiger partial charge in [-0.25, -0.2) is 0 Å². The van der Waals surface area contributed by atoms with Gasteiger partial charge in [-0.1, -0.05) is 12.1 Å². The van der Waals surface area contributed by atoms with Gasteiger partial charge in [-0.15, -0.1) is 0 Å². The van der Waals surface area contributed by atoms with Crippen molar-refractivity contribution in [2.24, 2.45) is 0 Å². The molecule has 0 aliphatic heterocycles. The van der Waals surface area contributed by atoms with Gasteiger partial charge in [0.25, 0.3) is 0 Å². The molecule has 0 aromatic heterocycles. The van der Waals surface area contributed by atoms with E-state index in [1.165, 1.54) is 0 Å². The second-order valence-corrected chi connectivity index (χ2v) is 3.91. The molecule has 0 saturated carbocycles. The van der Waals surface area contributed by atoms with Gasteiger partial charge in [0.2, 0.25) is 0 Å². The Morgan fingerprint density at radius 3 is 2.69 bits per heavy atom. The summed E-state index contributed by atoms with van der Waals surface area (Å²) in [7, 11) is 0. The number of hydrogen-bond donors (Lipinski definition) is 0. The molecule has 88 valence electrons. The lowest BCUT2D eigenvalue weighted by molar-refractivity contribution is 0.0551. The van der Waals surface area contributed by atoms with E-state index in [1.807, 2.05) is 26.8 Å². The van der Waals surface area contributed by atoms with Crippen molar-refractivity contribution in [2.75, 3.05) is 13.2 Å². The van der Waals surface area contributed by atoms with Crippen LogP contribution in [-0.4, -0.2) is 25.6 Å². The van der Waals surface area contributed by atoms with Crippen molar-refractivity contribution in [3.05, 3.63) is 29.3 Å². The Morgan fingerprint density at radius 2 is 2.06 bits per heavy atom. The molecule has 0 amide bonds. The molecule has 0 bridgehead atoms. The van der Waals surface area contributed by atoms with Gasteiger partial charge in [-0.2, -0.15) is 0 Å². The highest BCUT2D eigenvalue weighted by molar-refractivity contribution is 5.75. The smallest absolute Gasteiger partial charge is 0.150 e. The van der Waals surface area contributed by atoms with Crippen LogP contribution in [0.25, 0.3) is 0 Å². The first-order chi connectivity index (χ1) is 7.63. The zero-order chi connectivity index (χ0) is 12.0. The van der Waals surface area contributed by atoms with Gasteiger partial charge in [-0.3, -0.25) is 4.79 Å². The molecule has 0 fully saturated rings. The van der Waals surface area contributed by atoms with Gasteiger partial charge >= 0.3 is 0 Å². The largest absolute Gasteiger partial charge is 0.491 e. The van der Waals surface area contributed by atoms with Gasteiger partial charge in [0.05, 0.1) is 12.7 Å². The Morgan fingerprint density at radius 1 is 1.31 bits per heavy atom. The van der Waals surface area contributed by atoms with Crippen LogP contribution in [0.15, 0.2) is 18.2 Å². The molecule has 1 aromatic carbocycles. The maximum absolute atomic E-state index is 10.6. The maximum Gasteiger partial charge on any atom is 0.150 e. The van der Waals surface area contributed by atoms with Crippen molar-refractivity contribution in [3.8, 4) is 5.75 Å². The summed E-state index contributed by atoms with van der Waals surface area (Å²) in [4.78, 5) is 10.6. The third-order valence-electron chi connectivity index (χ3n) is 2.14. The van der Waals surface area contributed by atoms with E-state index in [0.717, 1.165) is 17.6 Å². The normalized spacial score (nSPS) is 10.5. The molecular weight excluding hydrogens is 204 g/mol. The first kappa shape index (κ1) is 12.7. The fourth-order valence-electron chi connectivity index (χ4n) is 1.28. The van der Waals surface area contributed by atoms with Crippen molar-refractivity contribution < 1.29 is 14.3 Å². The van der Waals surface area contributed by atoms with E-state index >= 15 is 0 Å². The van der Waals surface area contributed by atoms with Crippen molar-refractivity contribution in [3.63, 3.8) is 0 Å². The molecule has 16 heavy (non-hydrogen) atoms. The monoisotopic (exact) mass is 222 g/mol. The van der Waals surface area contributed by atoms with Gasteiger partial charge in [0, 0.05) is 5.56 Å². The SMILES string of the molecule is Cc1ccc(C=O)cc1OCCOC(C)C. The summed E-state index contributed by atoms with van der Waals surface area (Å²) in [5.41, 5.74) is 1.65. The molecular formula is C13H18O3. The Balaban J connectivity index is 2.49. The molecule has 0 spiro atoms. The number of benzene rings is 1. The van der Waals surface area contributed by atoms with Crippen molar-refractivity contribution in [1.29, 1.82) is 0 Å². The van der Waals surface area contributed by atoms with Crippen LogP contribution in [0.1, 0.15) is 29.8 Å². The minimum atomic E-state index is 0.214. The summed E-state index contributed by atoms with van der Waals surface area (Å²) in [5.74, 6) is 0.747. The molecule has 0 saturated heterocycles. The predicted octanol–water partition coefficient (Wildman–Crippen LogP) is 2.61. The third kappa shape index (κ3) is 4.03. The average molecular weight is 222 g/mol. The second kappa shape index (κ2) is 6.28. The molecule has 0 aliphatic rings. The Labute approximate surface area is 96.4 Å². The van der Waals surface area contributed by atoms with Crippen LogP contribution in [0.5, 0.6) is 5.75 Å². The lowest BCUT2D eigenvalue weighted by Crippen LogP contribution is -2.11. The predicted molar refractivity (Wildman–Crippen MR) is 63.1 cm³/mol. The molecule has 1 rings (SSSR count). The van der Waals surface area contributed by atoms with Crippen LogP contribution in [0, 0.1) is 6.92 Å². The van der Waals surface area contributed by atoms with Gasteiger partial charge in [0.1, 0.15) is 18.6 Å². The lowest BCUT2D eigenvalue weighted by atomic mass is 10.1. The number of ether oxygens (including phenoxy) is 2. The molecule has 0 aliphatic carbocycles. The van der Waals surface area contributed by atoms with Crippen molar-refractivity contribution in [2.45, 2.75) is 26.9 Å². The van der Waals surface area contributed by atoms with Crippen LogP contribution < -0.4 is 4.74 Å². The number of carbonyl (C=O) groups excluding carboxylic acids is 1.